The first-order valence-electron chi connectivity index (χ1n) is 6.85. The van der Waals surface area contributed by atoms with E-state index >= 15 is 0 Å². The van der Waals surface area contributed by atoms with Crippen molar-refractivity contribution in [2.75, 3.05) is 11.9 Å². The van der Waals surface area contributed by atoms with Crippen LogP contribution in [0.15, 0.2) is 54.6 Å². The van der Waals surface area contributed by atoms with Crippen molar-refractivity contribution in [2.45, 2.75) is 13.0 Å². The fourth-order valence-electron chi connectivity index (χ4n) is 2.13. The number of benzene rings is 2. The second-order valence-corrected chi connectivity index (χ2v) is 5.59. The highest BCUT2D eigenvalue weighted by molar-refractivity contribution is 9.09. The van der Waals surface area contributed by atoms with Crippen LogP contribution in [0.5, 0.6) is 5.75 Å². The van der Waals surface area contributed by atoms with Crippen molar-refractivity contribution in [3.8, 4) is 5.75 Å². The predicted octanol–water partition coefficient (Wildman–Crippen LogP) is 3.36. The van der Waals surface area contributed by atoms with E-state index in [4.69, 9.17) is 0 Å². The van der Waals surface area contributed by atoms with Crippen molar-refractivity contribution in [1.82, 2.24) is 4.90 Å². The van der Waals surface area contributed by atoms with Crippen LogP contribution >= 0.6 is 15.9 Å². The van der Waals surface area contributed by atoms with Crippen LogP contribution in [0.3, 0.4) is 0 Å². The summed E-state index contributed by atoms with van der Waals surface area (Å²) in [6.45, 7) is 1.22. The maximum absolute atomic E-state index is 12.5. The molecule has 0 fully saturated rings. The highest BCUT2D eigenvalue weighted by atomic mass is 79.9. The van der Waals surface area contributed by atoms with Gasteiger partial charge < -0.3 is 10.0 Å². The van der Waals surface area contributed by atoms with Gasteiger partial charge in [0.15, 0.2) is 0 Å². The van der Waals surface area contributed by atoms with Crippen molar-refractivity contribution in [1.29, 1.82) is 0 Å². The molecule has 0 aliphatic carbocycles. The lowest BCUT2D eigenvalue weighted by atomic mass is 10.1. The second-order valence-electron chi connectivity index (χ2n) is 4.80. The Kier molecular flexibility index (Phi) is 5.81. The lowest BCUT2D eigenvalue weighted by Crippen LogP contribution is -2.33. The number of nitrogens with zero attached hydrogens (tertiary/aromatic N) is 1. The van der Waals surface area contributed by atoms with Gasteiger partial charge in [0.05, 0.1) is 6.42 Å². The van der Waals surface area contributed by atoms with Crippen molar-refractivity contribution in [2.24, 2.45) is 0 Å². The minimum absolute atomic E-state index is 0.0137. The van der Waals surface area contributed by atoms with Gasteiger partial charge in [-0.05, 0) is 11.6 Å². The van der Waals surface area contributed by atoms with Gasteiger partial charge in [-0.15, -0.1) is 0 Å². The largest absolute Gasteiger partial charge is 0.508 e. The zero-order valence-corrected chi connectivity index (χ0v) is 13.3. The highest BCUT2D eigenvalue weighted by Gasteiger charge is 2.15. The van der Waals surface area contributed by atoms with Crippen LogP contribution in [0.1, 0.15) is 11.1 Å². The molecule has 0 atom stereocenters. The summed E-state index contributed by atoms with van der Waals surface area (Å²) in [5.74, 6) is 0.184. The van der Waals surface area contributed by atoms with Crippen LogP contribution in [0.2, 0.25) is 0 Å². The molecule has 4 heteroatoms. The zero-order valence-electron chi connectivity index (χ0n) is 11.7. The molecular formula is C17H18BrNO2. The number of amides is 1. The van der Waals surface area contributed by atoms with Crippen LogP contribution in [0.4, 0.5) is 0 Å². The molecule has 3 nitrogen and oxygen atoms in total. The summed E-state index contributed by atoms with van der Waals surface area (Å²) in [6.07, 6.45) is 0.215. The Labute approximate surface area is 133 Å². The van der Waals surface area contributed by atoms with E-state index in [1.807, 2.05) is 36.4 Å². The topological polar surface area (TPSA) is 40.5 Å². The third-order valence-corrected chi connectivity index (χ3v) is 3.61. The molecule has 0 spiro atoms. The highest BCUT2D eigenvalue weighted by Crippen LogP contribution is 2.17. The number of rotatable bonds is 6. The van der Waals surface area contributed by atoms with Crippen LogP contribution < -0.4 is 0 Å². The normalized spacial score (nSPS) is 10.3. The predicted molar refractivity (Wildman–Crippen MR) is 87.5 cm³/mol. The molecule has 1 amide bonds. The number of alkyl halides is 1. The van der Waals surface area contributed by atoms with Crippen molar-refractivity contribution >= 4 is 21.8 Å². The van der Waals surface area contributed by atoms with Gasteiger partial charge in [0.25, 0.3) is 0 Å². The molecule has 0 unspecified atom stereocenters. The fourth-order valence-corrected chi connectivity index (χ4v) is 2.56. The molecule has 21 heavy (non-hydrogen) atoms. The summed E-state index contributed by atoms with van der Waals surface area (Å²) in [6, 6.07) is 16.9. The molecule has 0 saturated carbocycles. The van der Waals surface area contributed by atoms with E-state index in [2.05, 4.69) is 15.9 Å². The molecule has 1 N–H and O–H groups in total. The lowest BCUT2D eigenvalue weighted by molar-refractivity contribution is -0.130. The first kappa shape index (κ1) is 15.6. The number of phenols is 1. The van der Waals surface area contributed by atoms with Gasteiger partial charge in [-0.2, -0.15) is 0 Å². The summed E-state index contributed by atoms with van der Waals surface area (Å²) in [5.41, 5.74) is 1.76. The van der Waals surface area contributed by atoms with E-state index in [0.717, 1.165) is 10.9 Å². The first-order chi connectivity index (χ1) is 10.2. The van der Waals surface area contributed by atoms with Crippen molar-refractivity contribution in [3.05, 3.63) is 65.7 Å². The molecule has 2 aromatic carbocycles. The number of hydrogen-bond acceptors (Lipinski definition) is 2. The zero-order chi connectivity index (χ0) is 15.1. The summed E-state index contributed by atoms with van der Waals surface area (Å²) in [5, 5.41) is 10.5. The van der Waals surface area contributed by atoms with Gasteiger partial charge in [0, 0.05) is 24.0 Å². The second kappa shape index (κ2) is 7.84. The molecular weight excluding hydrogens is 330 g/mol. The fraction of sp³-hybridized carbons (Fsp3) is 0.235. The molecule has 0 radical (unpaired) electrons. The first-order valence-corrected chi connectivity index (χ1v) is 7.97. The minimum atomic E-state index is 0.0137. The van der Waals surface area contributed by atoms with E-state index < -0.39 is 0 Å². The maximum Gasteiger partial charge on any atom is 0.227 e. The van der Waals surface area contributed by atoms with Crippen LogP contribution in [-0.4, -0.2) is 27.8 Å². The molecule has 0 aliphatic rings. The standard InChI is InChI=1S/C17H18BrNO2/c18-10-11-19(13-14-6-2-1-3-7-14)17(21)12-15-8-4-5-9-16(15)20/h1-9,20H,10-13H2. The third kappa shape index (κ3) is 4.60. The molecule has 0 aromatic heterocycles. The summed E-state index contributed by atoms with van der Waals surface area (Å²) in [4.78, 5) is 14.3. The van der Waals surface area contributed by atoms with Gasteiger partial charge in [0.1, 0.15) is 5.75 Å². The van der Waals surface area contributed by atoms with Crippen molar-refractivity contribution < 1.29 is 9.90 Å². The maximum atomic E-state index is 12.5. The number of hydrogen-bond donors (Lipinski definition) is 1. The molecule has 0 heterocycles. The van der Waals surface area contributed by atoms with E-state index in [0.29, 0.717) is 18.7 Å². The average molecular weight is 348 g/mol. The summed E-state index contributed by atoms with van der Waals surface area (Å²) >= 11 is 3.39. The monoisotopic (exact) mass is 347 g/mol. The van der Waals surface area contributed by atoms with Gasteiger partial charge in [-0.25, -0.2) is 0 Å². The van der Waals surface area contributed by atoms with E-state index in [1.165, 1.54) is 0 Å². The minimum Gasteiger partial charge on any atom is -0.508 e. The Morgan fingerprint density at radius 1 is 1.05 bits per heavy atom. The Morgan fingerprint density at radius 3 is 2.38 bits per heavy atom. The summed E-state index contributed by atoms with van der Waals surface area (Å²) in [7, 11) is 0. The van der Waals surface area contributed by atoms with Gasteiger partial charge in [-0.1, -0.05) is 64.5 Å². The molecule has 0 aliphatic heterocycles. The SMILES string of the molecule is O=C(Cc1ccccc1O)N(CCBr)Cc1ccccc1. The number of phenolic OH excluding ortho intramolecular Hbond substituents is 1. The third-order valence-electron chi connectivity index (χ3n) is 3.26. The Balaban J connectivity index is 2.07. The number of halogens is 1. The van der Waals surface area contributed by atoms with E-state index in [1.54, 1.807) is 23.1 Å². The van der Waals surface area contributed by atoms with E-state index in [9.17, 15) is 9.90 Å². The molecule has 2 aromatic rings. The molecule has 110 valence electrons. The summed E-state index contributed by atoms with van der Waals surface area (Å²) < 4.78 is 0. The molecule has 2 rings (SSSR count). The van der Waals surface area contributed by atoms with Gasteiger partial charge in [-0.3, -0.25) is 4.79 Å². The van der Waals surface area contributed by atoms with E-state index in [-0.39, 0.29) is 18.1 Å². The number of aromatic hydroxyl groups is 1. The van der Waals surface area contributed by atoms with Gasteiger partial charge >= 0.3 is 0 Å². The Hall–Kier alpha value is -1.81. The smallest absolute Gasteiger partial charge is 0.227 e. The number of para-hydroxylation sites is 1. The van der Waals surface area contributed by atoms with Crippen LogP contribution in [-0.2, 0) is 17.8 Å². The Bertz CT molecular complexity index is 586. The quantitative estimate of drug-likeness (QED) is 0.814. The molecule has 0 saturated heterocycles. The van der Waals surface area contributed by atoms with Crippen molar-refractivity contribution in [3.63, 3.8) is 0 Å². The van der Waals surface area contributed by atoms with Crippen LogP contribution in [0.25, 0.3) is 0 Å². The Morgan fingerprint density at radius 2 is 1.71 bits per heavy atom. The van der Waals surface area contributed by atoms with Gasteiger partial charge in [0.2, 0.25) is 5.91 Å². The number of carbonyl (C=O) groups excluding carboxylic acids is 1. The van der Waals surface area contributed by atoms with Crippen LogP contribution in [0, 0.1) is 0 Å². The number of carbonyl (C=O) groups is 1. The molecule has 0 bridgehead atoms. The lowest BCUT2D eigenvalue weighted by Gasteiger charge is -2.22. The average Bonchev–Trinajstić information content (AvgIpc) is 2.50.